The number of hydrogen-bond donors (Lipinski definition) is 2. The van der Waals surface area contributed by atoms with Crippen LogP contribution >= 0.6 is 0 Å². The van der Waals surface area contributed by atoms with Crippen LogP contribution in [0.2, 0.25) is 0 Å². The van der Waals surface area contributed by atoms with Gasteiger partial charge in [-0.05, 0) is 35.9 Å². The summed E-state index contributed by atoms with van der Waals surface area (Å²) in [6, 6.07) is 10.1. The van der Waals surface area contributed by atoms with Crippen LogP contribution in [0.1, 0.15) is 5.89 Å². The van der Waals surface area contributed by atoms with E-state index in [1.807, 2.05) is 18.3 Å². The smallest absolute Gasteiger partial charge is 0.209 e. The van der Waals surface area contributed by atoms with E-state index < -0.39 is 10.0 Å². The molecule has 0 atom stereocenters. The molecular formula is C17H14FN3O3S. The van der Waals surface area contributed by atoms with Crippen LogP contribution in [0.4, 0.5) is 4.39 Å². The maximum Gasteiger partial charge on any atom is 0.209 e. The minimum absolute atomic E-state index is 0.120. The average Bonchev–Trinajstić information content (AvgIpc) is 3.14. The lowest BCUT2D eigenvalue weighted by Crippen LogP contribution is -2.18. The van der Waals surface area contributed by atoms with Gasteiger partial charge >= 0.3 is 0 Å². The molecule has 0 aliphatic carbocycles. The second-order valence-electron chi connectivity index (χ2n) is 5.80. The van der Waals surface area contributed by atoms with E-state index in [1.165, 1.54) is 12.1 Å². The number of nitrogens with two attached hydrogens (primary N) is 1. The molecule has 2 aromatic heterocycles. The van der Waals surface area contributed by atoms with Crippen LogP contribution in [0.15, 0.2) is 47.0 Å². The Morgan fingerprint density at radius 2 is 2.04 bits per heavy atom. The molecule has 0 fully saturated rings. The Balaban J connectivity index is 1.73. The van der Waals surface area contributed by atoms with Crippen molar-refractivity contribution < 1.29 is 17.2 Å². The van der Waals surface area contributed by atoms with E-state index in [-0.39, 0.29) is 18.0 Å². The summed E-state index contributed by atoms with van der Waals surface area (Å²) in [6.07, 6.45) is 1.93. The lowest BCUT2D eigenvalue weighted by Gasteiger charge is -1.99. The molecule has 4 aromatic rings. The number of benzene rings is 2. The Kier molecular flexibility index (Phi) is 3.59. The fraction of sp³-hybridized carbons (Fsp3) is 0.118. The molecule has 8 heteroatoms. The van der Waals surface area contributed by atoms with Gasteiger partial charge in [0.25, 0.3) is 0 Å². The van der Waals surface area contributed by atoms with E-state index in [2.05, 4.69) is 9.97 Å². The number of primary sulfonamides is 1. The van der Waals surface area contributed by atoms with Gasteiger partial charge in [0.15, 0.2) is 11.5 Å². The molecule has 3 N–H and O–H groups in total. The number of H-pyrrole nitrogens is 1. The van der Waals surface area contributed by atoms with Crippen molar-refractivity contribution in [3.05, 3.63) is 54.3 Å². The average molecular weight is 359 g/mol. The number of nitrogens with zero attached hydrogens (tertiary/aromatic N) is 1. The molecule has 0 saturated carbocycles. The molecule has 6 nitrogen and oxygen atoms in total. The molecule has 0 aliphatic heterocycles. The normalized spacial score (nSPS) is 12.2. The van der Waals surface area contributed by atoms with Crippen LogP contribution in [-0.2, 0) is 16.4 Å². The molecule has 2 aromatic carbocycles. The Labute approximate surface area is 142 Å². The van der Waals surface area contributed by atoms with Gasteiger partial charge in [0.1, 0.15) is 11.3 Å². The fourth-order valence-electron chi connectivity index (χ4n) is 2.81. The van der Waals surface area contributed by atoms with E-state index in [9.17, 15) is 12.8 Å². The second kappa shape index (κ2) is 5.68. The zero-order valence-electron chi connectivity index (χ0n) is 13.0. The summed E-state index contributed by atoms with van der Waals surface area (Å²) in [5.41, 5.74) is 3.71. The Morgan fingerprint density at radius 1 is 1.20 bits per heavy atom. The monoisotopic (exact) mass is 359 g/mol. The van der Waals surface area contributed by atoms with E-state index in [4.69, 9.17) is 9.56 Å². The highest BCUT2D eigenvalue weighted by molar-refractivity contribution is 7.89. The molecule has 4 rings (SSSR count). The van der Waals surface area contributed by atoms with Gasteiger partial charge in [0.05, 0.1) is 5.75 Å². The maximum absolute atomic E-state index is 13.3. The van der Waals surface area contributed by atoms with Crippen molar-refractivity contribution in [2.75, 3.05) is 5.75 Å². The number of rotatable bonds is 4. The first kappa shape index (κ1) is 15.8. The highest BCUT2D eigenvalue weighted by Gasteiger charge is 2.12. The first-order valence-corrected chi connectivity index (χ1v) is 9.27. The fourth-order valence-corrected chi connectivity index (χ4v) is 3.27. The third kappa shape index (κ3) is 3.13. The maximum atomic E-state index is 13.3. The third-order valence-corrected chi connectivity index (χ3v) is 4.76. The van der Waals surface area contributed by atoms with Crippen LogP contribution < -0.4 is 5.14 Å². The summed E-state index contributed by atoms with van der Waals surface area (Å²) in [6.45, 7) is 0. The molecular weight excluding hydrogens is 345 g/mol. The molecule has 25 heavy (non-hydrogen) atoms. The number of aromatic nitrogens is 2. The van der Waals surface area contributed by atoms with Crippen LogP contribution in [0.3, 0.4) is 0 Å². The van der Waals surface area contributed by atoms with E-state index >= 15 is 0 Å². The number of oxazole rings is 1. The van der Waals surface area contributed by atoms with Crippen molar-refractivity contribution in [1.82, 2.24) is 9.97 Å². The molecule has 128 valence electrons. The van der Waals surface area contributed by atoms with Gasteiger partial charge in [-0.15, -0.1) is 0 Å². The van der Waals surface area contributed by atoms with Crippen LogP contribution in [0, 0.1) is 5.82 Å². The third-order valence-electron chi connectivity index (χ3n) is 3.99. The largest absolute Gasteiger partial charge is 0.441 e. The van der Waals surface area contributed by atoms with Crippen LogP contribution in [0.25, 0.3) is 33.1 Å². The number of nitrogens with one attached hydrogen (secondary N) is 1. The van der Waals surface area contributed by atoms with Gasteiger partial charge in [0, 0.05) is 29.1 Å². The first-order chi connectivity index (χ1) is 11.9. The molecule has 0 saturated heterocycles. The number of fused-ring (bicyclic) bond motifs is 2. The van der Waals surface area contributed by atoms with Crippen molar-refractivity contribution in [3.8, 4) is 11.1 Å². The summed E-state index contributed by atoms with van der Waals surface area (Å²) in [5, 5.41) is 5.90. The molecule has 0 unspecified atom stereocenters. The zero-order valence-corrected chi connectivity index (χ0v) is 13.8. The van der Waals surface area contributed by atoms with Crippen LogP contribution in [0.5, 0.6) is 0 Å². The van der Waals surface area contributed by atoms with Gasteiger partial charge in [-0.1, -0.05) is 6.07 Å². The highest BCUT2D eigenvalue weighted by Crippen LogP contribution is 2.31. The van der Waals surface area contributed by atoms with Gasteiger partial charge in [-0.2, -0.15) is 0 Å². The summed E-state index contributed by atoms with van der Waals surface area (Å²) in [4.78, 5) is 7.32. The summed E-state index contributed by atoms with van der Waals surface area (Å²) >= 11 is 0. The molecule has 0 aliphatic rings. The number of aromatic amines is 1. The number of aryl methyl sites for hydroxylation is 1. The van der Waals surface area contributed by atoms with Crippen molar-refractivity contribution >= 4 is 32.0 Å². The van der Waals surface area contributed by atoms with Gasteiger partial charge in [-0.25, -0.2) is 22.9 Å². The highest BCUT2D eigenvalue weighted by atomic mass is 32.2. The second-order valence-corrected chi connectivity index (χ2v) is 7.53. The number of halogens is 1. The predicted molar refractivity (Wildman–Crippen MR) is 92.9 cm³/mol. The SMILES string of the molecule is NS(=O)(=O)CCc1nc2ccc(-c3c[nH]c4cc(F)ccc34)cc2o1. The summed E-state index contributed by atoms with van der Waals surface area (Å²) in [5.74, 6) is -0.200. The lowest BCUT2D eigenvalue weighted by molar-refractivity contribution is 0.533. The predicted octanol–water partition coefficient (Wildman–Crippen LogP) is 2.95. The molecule has 0 radical (unpaired) electrons. The molecule has 0 spiro atoms. The Morgan fingerprint density at radius 3 is 2.84 bits per heavy atom. The zero-order chi connectivity index (χ0) is 17.6. The Hall–Kier alpha value is -2.71. The molecule has 0 bridgehead atoms. The van der Waals surface area contributed by atoms with Gasteiger partial charge in [0.2, 0.25) is 10.0 Å². The van der Waals surface area contributed by atoms with Crippen molar-refractivity contribution in [2.45, 2.75) is 6.42 Å². The standard InChI is InChI=1S/C17H14FN3O3S/c18-11-2-3-12-13(9-20-15(12)8-11)10-1-4-14-16(7-10)24-17(21-14)5-6-25(19,22)23/h1-4,7-9,20H,5-6H2,(H2,19,22,23). The summed E-state index contributed by atoms with van der Waals surface area (Å²) < 4.78 is 41.1. The number of sulfonamides is 1. The minimum Gasteiger partial charge on any atom is -0.441 e. The lowest BCUT2D eigenvalue weighted by atomic mass is 10.0. The van der Waals surface area contributed by atoms with Gasteiger partial charge in [-0.3, -0.25) is 0 Å². The first-order valence-electron chi connectivity index (χ1n) is 7.56. The van der Waals surface area contributed by atoms with Crippen LogP contribution in [-0.4, -0.2) is 24.1 Å². The molecule has 2 heterocycles. The van der Waals surface area contributed by atoms with E-state index in [0.29, 0.717) is 22.5 Å². The Bertz CT molecular complexity index is 1190. The topological polar surface area (TPSA) is 102 Å². The quantitative estimate of drug-likeness (QED) is 0.585. The van der Waals surface area contributed by atoms with Gasteiger partial charge < -0.3 is 9.40 Å². The van der Waals surface area contributed by atoms with Crippen molar-refractivity contribution in [2.24, 2.45) is 5.14 Å². The summed E-state index contributed by atoms with van der Waals surface area (Å²) in [7, 11) is -3.57. The minimum atomic E-state index is -3.57. The van der Waals surface area contributed by atoms with E-state index in [1.54, 1.807) is 12.1 Å². The van der Waals surface area contributed by atoms with Crippen molar-refractivity contribution in [3.63, 3.8) is 0 Å². The van der Waals surface area contributed by atoms with Crippen molar-refractivity contribution in [1.29, 1.82) is 0 Å². The number of hydrogen-bond acceptors (Lipinski definition) is 4. The van der Waals surface area contributed by atoms with E-state index in [0.717, 1.165) is 16.5 Å². The molecule has 0 amide bonds.